The molecule has 0 aromatic heterocycles. The summed E-state index contributed by atoms with van der Waals surface area (Å²) in [7, 11) is 3.35. The molecule has 0 saturated heterocycles. The minimum atomic E-state index is -0.170. The van der Waals surface area contributed by atoms with Gasteiger partial charge in [-0.2, -0.15) is 0 Å². The molecular weight excluding hydrogens is 300 g/mol. The van der Waals surface area contributed by atoms with Crippen LogP contribution in [0.3, 0.4) is 0 Å². The molecule has 4 rings (SSSR count). The summed E-state index contributed by atoms with van der Waals surface area (Å²) in [6, 6.07) is 22.3. The number of rotatable bonds is 3. The van der Waals surface area contributed by atoms with Gasteiger partial charge in [0.2, 0.25) is 0 Å². The van der Waals surface area contributed by atoms with Crippen molar-refractivity contribution in [1.29, 1.82) is 0 Å². The zero-order valence-corrected chi connectivity index (χ0v) is 13.7. The Hall–Kier alpha value is -2.94. The maximum atomic E-state index is 6.32. The van der Waals surface area contributed by atoms with Crippen molar-refractivity contribution >= 4 is 0 Å². The fraction of sp³-hybridized carbons (Fsp3) is 0.143. The summed E-state index contributed by atoms with van der Waals surface area (Å²) >= 11 is 0. The summed E-state index contributed by atoms with van der Waals surface area (Å²) in [5.74, 6) is 2.56. The molecule has 3 heteroatoms. The molecule has 0 amide bonds. The molecule has 1 unspecified atom stereocenters. The van der Waals surface area contributed by atoms with Gasteiger partial charge in [0.15, 0.2) is 0 Å². The molecule has 120 valence electrons. The topological polar surface area (TPSA) is 27.7 Å². The molecule has 0 bridgehead atoms. The van der Waals surface area contributed by atoms with E-state index in [1.165, 1.54) is 5.56 Å². The SMILES string of the molecule is COc1ccc(C2Oc3ccccc3-c3ccc(OC)cc32)cc1. The normalized spacial score (nSPS) is 15.0. The van der Waals surface area contributed by atoms with E-state index >= 15 is 0 Å². The van der Waals surface area contributed by atoms with Gasteiger partial charge in [0.1, 0.15) is 23.4 Å². The van der Waals surface area contributed by atoms with Gasteiger partial charge >= 0.3 is 0 Å². The van der Waals surface area contributed by atoms with Crippen LogP contribution in [0.5, 0.6) is 17.2 Å². The molecule has 0 N–H and O–H groups in total. The fourth-order valence-electron chi connectivity index (χ4n) is 3.14. The van der Waals surface area contributed by atoms with E-state index in [-0.39, 0.29) is 6.10 Å². The molecule has 3 aromatic carbocycles. The minimum absolute atomic E-state index is 0.170. The Morgan fingerprint density at radius 1 is 0.750 bits per heavy atom. The highest BCUT2D eigenvalue weighted by atomic mass is 16.5. The molecule has 3 nitrogen and oxygen atoms in total. The van der Waals surface area contributed by atoms with Crippen molar-refractivity contribution in [2.24, 2.45) is 0 Å². The average Bonchev–Trinajstić information content (AvgIpc) is 2.67. The predicted octanol–water partition coefficient (Wildman–Crippen LogP) is 4.85. The zero-order valence-electron chi connectivity index (χ0n) is 13.7. The maximum Gasteiger partial charge on any atom is 0.150 e. The highest BCUT2D eigenvalue weighted by molar-refractivity contribution is 5.77. The van der Waals surface area contributed by atoms with Crippen molar-refractivity contribution in [3.05, 3.63) is 77.9 Å². The molecule has 1 heterocycles. The summed E-state index contributed by atoms with van der Waals surface area (Å²) in [6.45, 7) is 0. The third kappa shape index (κ3) is 2.38. The fourth-order valence-corrected chi connectivity index (χ4v) is 3.14. The van der Waals surface area contributed by atoms with Gasteiger partial charge < -0.3 is 14.2 Å². The summed E-state index contributed by atoms with van der Waals surface area (Å²) in [5, 5.41) is 0. The quantitative estimate of drug-likeness (QED) is 0.691. The van der Waals surface area contributed by atoms with Gasteiger partial charge in [0, 0.05) is 11.1 Å². The Morgan fingerprint density at radius 2 is 1.46 bits per heavy atom. The summed E-state index contributed by atoms with van der Waals surface area (Å²) in [4.78, 5) is 0. The first-order chi connectivity index (χ1) is 11.8. The van der Waals surface area contributed by atoms with Crippen LogP contribution in [0.1, 0.15) is 17.2 Å². The molecule has 0 spiro atoms. The van der Waals surface area contributed by atoms with Crippen molar-refractivity contribution in [2.45, 2.75) is 6.10 Å². The van der Waals surface area contributed by atoms with Crippen LogP contribution < -0.4 is 14.2 Å². The first-order valence-electron chi connectivity index (χ1n) is 7.88. The predicted molar refractivity (Wildman–Crippen MR) is 93.9 cm³/mol. The number of hydrogen-bond donors (Lipinski definition) is 0. The van der Waals surface area contributed by atoms with Crippen LogP contribution in [-0.2, 0) is 0 Å². The maximum absolute atomic E-state index is 6.32. The Kier molecular flexibility index (Phi) is 3.62. The van der Waals surface area contributed by atoms with Crippen LogP contribution in [0, 0.1) is 0 Å². The Bertz CT molecular complexity index is 869. The van der Waals surface area contributed by atoms with Crippen molar-refractivity contribution in [2.75, 3.05) is 14.2 Å². The van der Waals surface area contributed by atoms with Crippen LogP contribution in [0.15, 0.2) is 66.7 Å². The van der Waals surface area contributed by atoms with E-state index in [1.54, 1.807) is 14.2 Å². The summed E-state index contributed by atoms with van der Waals surface area (Å²) < 4.78 is 17.0. The Morgan fingerprint density at radius 3 is 2.21 bits per heavy atom. The minimum Gasteiger partial charge on any atom is -0.497 e. The molecule has 0 radical (unpaired) electrons. The molecule has 1 aliphatic rings. The third-order valence-corrected chi connectivity index (χ3v) is 4.38. The van der Waals surface area contributed by atoms with E-state index in [2.05, 4.69) is 18.2 Å². The van der Waals surface area contributed by atoms with Crippen molar-refractivity contribution in [3.63, 3.8) is 0 Å². The van der Waals surface area contributed by atoms with Crippen LogP contribution >= 0.6 is 0 Å². The summed E-state index contributed by atoms with van der Waals surface area (Å²) in [5.41, 5.74) is 4.48. The van der Waals surface area contributed by atoms with E-state index in [0.29, 0.717) is 0 Å². The number of benzene rings is 3. The highest BCUT2D eigenvalue weighted by Crippen LogP contribution is 2.45. The molecule has 3 aromatic rings. The Balaban J connectivity index is 1.87. The smallest absolute Gasteiger partial charge is 0.150 e. The molecule has 0 saturated carbocycles. The molecule has 0 fully saturated rings. The average molecular weight is 318 g/mol. The lowest BCUT2D eigenvalue weighted by molar-refractivity contribution is 0.243. The van der Waals surface area contributed by atoms with Gasteiger partial charge in [0.25, 0.3) is 0 Å². The van der Waals surface area contributed by atoms with Gasteiger partial charge in [-0.15, -0.1) is 0 Å². The lowest BCUT2D eigenvalue weighted by Crippen LogP contribution is -2.15. The molecule has 24 heavy (non-hydrogen) atoms. The number of ether oxygens (including phenoxy) is 3. The second-order valence-electron chi connectivity index (χ2n) is 5.72. The number of fused-ring (bicyclic) bond motifs is 3. The van der Waals surface area contributed by atoms with E-state index in [9.17, 15) is 0 Å². The summed E-state index contributed by atoms with van der Waals surface area (Å²) in [6.07, 6.45) is -0.170. The highest BCUT2D eigenvalue weighted by Gasteiger charge is 2.27. The van der Waals surface area contributed by atoms with E-state index in [1.807, 2.05) is 48.5 Å². The molecule has 1 aliphatic heterocycles. The number of methoxy groups -OCH3 is 2. The largest absolute Gasteiger partial charge is 0.497 e. The molecular formula is C21H18O3. The monoisotopic (exact) mass is 318 g/mol. The van der Waals surface area contributed by atoms with Gasteiger partial charge in [-0.25, -0.2) is 0 Å². The lowest BCUT2D eigenvalue weighted by atomic mass is 9.89. The van der Waals surface area contributed by atoms with Gasteiger partial charge in [-0.1, -0.05) is 36.4 Å². The second kappa shape index (κ2) is 5.93. The zero-order chi connectivity index (χ0) is 16.5. The second-order valence-corrected chi connectivity index (χ2v) is 5.72. The third-order valence-electron chi connectivity index (χ3n) is 4.38. The number of hydrogen-bond acceptors (Lipinski definition) is 3. The standard InChI is InChI=1S/C21H18O3/c1-22-15-9-7-14(8-10-15)21-19-13-16(23-2)11-12-17(19)18-5-3-4-6-20(18)24-21/h3-13,21H,1-2H3. The van der Waals surface area contributed by atoms with Crippen molar-refractivity contribution < 1.29 is 14.2 Å². The van der Waals surface area contributed by atoms with Crippen LogP contribution in [-0.4, -0.2) is 14.2 Å². The van der Waals surface area contributed by atoms with Gasteiger partial charge in [0.05, 0.1) is 14.2 Å². The van der Waals surface area contributed by atoms with Crippen molar-refractivity contribution in [1.82, 2.24) is 0 Å². The number of para-hydroxylation sites is 1. The first kappa shape index (κ1) is 14.6. The molecule has 0 aliphatic carbocycles. The lowest BCUT2D eigenvalue weighted by Gasteiger charge is -2.29. The van der Waals surface area contributed by atoms with Crippen LogP contribution in [0.2, 0.25) is 0 Å². The van der Waals surface area contributed by atoms with Gasteiger partial charge in [-0.3, -0.25) is 0 Å². The van der Waals surface area contributed by atoms with Crippen LogP contribution in [0.4, 0.5) is 0 Å². The van der Waals surface area contributed by atoms with Crippen LogP contribution in [0.25, 0.3) is 11.1 Å². The van der Waals surface area contributed by atoms with E-state index < -0.39 is 0 Å². The van der Waals surface area contributed by atoms with E-state index in [0.717, 1.165) is 33.9 Å². The van der Waals surface area contributed by atoms with Gasteiger partial charge in [-0.05, 0) is 41.5 Å². The van der Waals surface area contributed by atoms with Crippen molar-refractivity contribution in [3.8, 4) is 28.4 Å². The first-order valence-corrected chi connectivity index (χ1v) is 7.88. The van der Waals surface area contributed by atoms with E-state index in [4.69, 9.17) is 14.2 Å². The Labute approximate surface area is 141 Å². The molecule has 1 atom stereocenters.